The van der Waals surface area contributed by atoms with Gasteiger partial charge in [-0.3, -0.25) is 0 Å². The van der Waals surface area contributed by atoms with E-state index in [1.54, 1.807) is 7.11 Å². The maximum atomic E-state index is 5.52. The van der Waals surface area contributed by atoms with Crippen molar-refractivity contribution in [2.45, 2.75) is 18.9 Å². The van der Waals surface area contributed by atoms with Crippen LogP contribution in [0.4, 0.5) is 5.69 Å². The van der Waals surface area contributed by atoms with Gasteiger partial charge in [-0.1, -0.05) is 6.07 Å². The maximum absolute atomic E-state index is 5.52. The first-order chi connectivity index (χ1) is 7.38. The van der Waals surface area contributed by atoms with Crippen molar-refractivity contribution < 1.29 is 9.47 Å². The Hall–Kier alpha value is -1.22. The number of hydrogen-bond donors (Lipinski definition) is 1. The second-order valence-corrected chi connectivity index (χ2v) is 3.79. The van der Waals surface area contributed by atoms with E-state index in [1.807, 2.05) is 18.2 Å². The van der Waals surface area contributed by atoms with Gasteiger partial charge in [0.05, 0.1) is 6.61 Å². The minimum atomic E-state index is 0.601. The topological polar surface area (TPSA) is 30.5 Å². The lowest BCUT2D eigenvalue weighted by atomic mass is 10.3. The fourth-order valence-electron chi connectivity index (χ4n) is 1.38. The van der Waals surface area contributed by atoms with Gasteiger partial charge < -0.3 is 14.8 Å². The lowest BCUT2D eigenvalue weighted by Gasteiger charge is -2.08. The van der Waals surface area contributed by atoms with Crippen LogP contribution in [0.3, 0.4) is 0 Å². The summed E-state index contributed by atoms with van der Waals surface area (Å²) in [6, 6.07) is 8.76. The van der Waals surface area contributed by atoms with Crippen LogP contribution in [-0.2, 0) is 4.74 Å². The summed E-state index contributed by atoms with van der Waals surface area (Å²) < 4.78 is 10.5. The highest BCUT2D eigenvalue weighted by molar-refractivity contribution is 5.49. The largest absolute Gasteiger partial charge is 0.491 e. The molecule has 0 atom stereocenters. The van der Waals surface area contributed by atoms with Gasteiger partial charge in [0.15, 0.2) is 0 Å². The first-order valence-corrected chi connectivity index (χ1v) is 5.37. The molecule has 15 heavy (non-hydrogen) atoms. The molecule has 1 N–H and O–H groups in total. The molecule has 1 aliphatic rings. The molecule has 0 radical (unpaired) electrons. The van der Waals surface area contributed by atoms with Gasteiger partial charge >= 0.3 is 0 Å². The quantitative estimate of drug-likeness (QED) is 0.726. The Bertz CT molecular complexity index is 310. The highest BCUT2D eigenvalue weighted by Crippen LogP contribution is 2.26. The molecular formula is C12H17NO2. The number of rotatable bonds is 6. The van der Waals surface area contributed by atoms with Gasteiger partial charge in [0.2, 0.25) is 0 Å². The number of hydrogen-bond acceptors (Lipinski definition) is 3. The molecule has 0 bridgehead atoms. The van der Waals surface area contributed by atoms with Crippen molar-refractivity contribution in [2.75, 3.05) is 25.6 Å². The van der Waals surface area contributed by atoms with Crippen molar-refractivity contribution in [3.05, 3.63) is 24.3 Å². The summed E-state index contributed by atoms with van der Waals surface area (Å²) in [5, 5.41) is 3.44. The van der Waals surface area contributed by atoms with Crippen molar-refractivity contribution in [3.63, 3.8) is 0 Å². The first-order valence-electron chi connectivity index (χ1n) is 5.37. The molecule has 2 rings (SSSR count). The zero-order chi connectivity index (χ0) is 10.5. The van der Waals surface area contributed by atoms with Gasteiger partial charge in [-0.05, 0) is 25.0 Å². The van der Waals surface area contributed by atoms with Crippen LogP contribution < -0.4 is 10.1 Å². The molecule has 1 aromatic rings. The molecule has 1 fully saturated rings. The molecule has 3 nitrogen and oxygen atoms in total. The summed E-state index contributed by atoms with van der Waals surface area (Å²) in [5.74, 6) is 0.901. The monoisotopic (exact) mass is 207 g/mol. The van der Waals surface area contributed by atoms with Crippen LogP contribution in [0.25, 0.3) is 0 Å². The predicted molar refractivity (Wildman–Crippen MR) is 60.5 cm³/mol. The summed E-state index contributed by atoms with van der Waals surface area (Å²) in [6.45, 7) is 1.23. The average molecular weight is 207 g/mol. The van der Waals surface area contributed by atoms with Gasteiger partial charge in [-0.15, -0.1) is 0 Å². The van der Waals surface area contributed by atoms with Gasteiger partial charge in [0.1, 0.15) is 12.4 Å². The van der Waals surface area contributed by atoms with Crippen molar-refractivity contribution in [1.82, 2.24) is 0 Å². The van der Waals surface area contributed by atoms with E-state index >= 15 is 0 Å². The second kappa shape index (κ2) is 5.03. The molecule has 0 unspecified atom stereocenters. The molecule has 1 saturated carbocycles. The zero-order valence-electron chi connectivity index (χ0n) is 9.03. The molecule has 3 heteroatoms. The van der Waals surface area contributed by atoms with Gasteiger partial charge in [0, 0.05) is 24.9 Å². The summed E-state index contributed by atoms with van der Waals surface area (Å²) in [4.78, 5) is 0. The third-order valence-electron chi connectivity index (χ3n) is 2.34. The van der Waals surface area contributed by atoms with Crippen LogP contribution in [0.15, 0.2) is 24.3 Å². The van der Waals surface area contributed by atoms with E-state index in [2.05, 4.69) is 11.4 Å². The van der Waals surface area contributed by atoms with E-state index in [4.69, 9.17) is 9.47 Å². The Labute approximate surface area is 90.4 Å². The molecule has 0 aromatic heterocycles. The Kier molecular flexibility index (Phi) is 3.45. The third kappa shape index (κ3) is 3.44. The van der Waals surface area contributed by atoms with E-state index < -0.39 is 0 Å². The Morgan fingerprint density at radius 3 is 2.93 bits per heavy atom. The van der Waals surface area contributed by atoms with Crippen molar-refractivity contribution >= 4 is 5.69 Å². The molecule has 1 aliphatic carbocycles. The molecular weight excluding hydrogens is 190 g/mol. The normalized spacial score (nSPS) is 15.0. The second-order valence-electron chi connectivity index (χ2n) is 3.79. The summed E-state index contributed by atoms with van der Waals surface area (Å²) >= 11 is 0. The van der Waals surface area contributed by atoms with Crippen molar-refractivity contribution in [3.8, 4) is 5.75 Å². The van der Waals surface area contributed by atoms with Gasteiger partial charge in [-0.2, -0.15) is 0 Å². The minimum Gasteiger partial charge on any atom is -0.491 e. The predicted octanol–water partition coefficient (Wildman–Crippen LogP) is 2.29. The van der Waals surface area contributed by atoms with Crippen LogP contribution in [0, 0.1) is 0 Å². The molecule has 0 saturated heterocycles. The molecule has 0 spiro atoms. The minimum absolute atomic E-state index is 0.601. The summed E-state index contributed by atoms with van der Waals surface area (Å²) in [5.41, 5.74) is 1.15. The third-order valence-corrected chi connectivity index (χ3v) is 2.34. The van der Waals surface area contributed by atoms with Gasteiger partial charge in [0.25, 0.3) is 0 Å². The van der Waals surface area contributed by atoms with Crippen LogP contribution in [0.5, 0.6) is 5.75 Å². The van der Waals surface area contributed by atoms with Gasteiger partial charge in [-0.25, -0.2) is 0 Å². The zero-order valence-corrected chi connectivity index (χ0v) is 9.03. The lowest BCUT2D eigenvalue weighted by molar-refractivity contribution is 0.146. The van der Waals surface area contributed by atoms with E-state index in [1.165, 1.54) is 12.8 Å². The number of nitrogens with one attached hydrogen (secondary N) is 1. The Balaban J connectivity index is 1.86. The Morgan fingerprint density at radius 1 is 1.33 bits per heavy atom. The number of anilines is 1. The molecule has 0 aliphatic heterocycles. The van der Waals surface area contributed by atoms with E-state index in [0.717, 1.165) is 11.4 Å². The standard InChI is InChI=1S/C12H17NO2/c1-14-7-8-15-12-4-2-3-11(9-12)13-10-5-6-10/h2-4,9-10,13H,5-8H2,1H3. The van der Waals surface area contributed by atoms with Crippen LogP contribution >= 0.6 is 0 Å². The summed E-state index contributed by atoms with van der Waals surface area (Å²) in [6.07, 6.45) is 2.57. The average Bonchev–Trinajstić information content (AvgIpc) is 3.03. The van der Waals surface area contributed by atoms with Crippen molar-refractivity contribution in [1.29, 1.82) is 0 Å². The molecule has 0 amide bonds. The number of ether oxygens (including phenoxy) is 2. The highest BCUT2D eigenvalue weighted by Gasteiger charge is 2.20. The van der Waals surface area contributed by atoms with E-state index in [0.29, 0.717) is 19.3 Å². The van der Waals surface area contributed by atoms with Crippen LogP contribution in [0.1, 0.15) is 12.8 Å². The number of methoxy groups -OCH3 is 1. The van der Waals surface area contributed by atoms with E-state index in [-0.39, 0.29) is 0 Å². The number of benzene rings is 1. The Morgan fingerprint density at radius 2 is 2.20 bits per heavy atom. The maximum Gasteiger partial charge on any atom is 0.121 e. The SMILES string of the molecule is COCCOc1cccc(NC2CC2)c1. The lowest BCUT2D eigenvalue weighted by Crippen LogP contribution is -2.05. The van der Waals surface area contributed by atoms with Crippen LogP contribution in [0.2, 0.25) is 0 Å². The van der Waals surface area contributed by atoms with E-state index in [9.17, 15) is 0 Å². The smallest absolute Gasteiger partial charge is 0.121 e. The van der Waals surface area contributed by atoms with Crippen LogP contribution in [-0.4, -0.2) is 26.4 Å². The summed E-state index contributed by atoms with van der Waals surface area (Å²) in [7, 11) is 1.68. The first kappa shape index (κ1) is 10.3. The van der Waals surface area contributed by atoms with Crippen molar-refractivity contribution in [2.24, 2.45) is 0 Å². The fraction of sp³-hybridized carbons (Fsp3) is 0.500. The highest BCUT2D eigenvalue weighted by atomic mass is 16.5. The molecule has 82 valence electrons. The molecule has 0 heterocycles. The fourth-order valence-corrected chi connectivity index (χ4v) is 1.38. The molecule has 1 aromatic carbocycles.